The molecule has 1 aliphatic carbocycles. The quantitative estimate of drug-likeness (QED) is 0.555. The summed E-state index contributed by atoms with van der Waals surface area (Å²) in [5.41, 5.74) is 2.34. The molecule has 9 heteroatoms. The smallest absolute Gasteiger partial charge is 0.405 e. The second-order valence-corrected chi connectivity index (χ2v) is 7.28. The molecule has 3 aromatic rings. The Bertz CT molecular complexity index is 1120. The number of allylic oxidation sites excluding steroid dienone is 4. The zero-order valence-electron chi connectivity index (χ0n) is 16.4. The number of alkyl halides is 3. The van der Waals surface area contributed by atoms with E-state index in [-0.39, 0.29) is 22.7 Å². The number of aryl methyl sites for hydroxylation is 2. The number of hydrogen-bond acceptors (Lipinski definition) is 6. The average Bonchev–Trinajstić information content (AvgIpc) is 3.29. The molecule has 0 N–H and O–H groups in total. The van der Waals surface area contributed by atoms with Crippen molar-refractivity contribution >= 4 is 5.57 Å². The molecule has 1 atom stereocenters. The van der Waals surface area contributed by atoms with Gasteiger partial charge in [-0.3, -0.25) is 0 Å². The molecule has 2 heterocycles. The van der Waals surface area contributed by atoms with Crippen molar-refractivity contribution in [1.29, 1.82) is 0 Å². The van der Waals surface area contributed by atoms with E-state index in [1.54, 1.807) is 6.07 Å². The van der Waals surface area contributed by atoms with Gasteiger partial charge >= 0.3 is 6.36 Å². The highest BCUT2D eigenvalue weighted by Gasteiger charge is 2.34. The molecular formula is C21H18F3N3O3. The Kier molecular flexibility index (Phi) is 4.76. The second-order valence-electron chi connectivity index (χ2n) is 7.28. The lowest BCUT2D eigenvalue weighted by molar-refractivity contribution is -0.274. The summed E-state index contributed by atoms with van der Waals surface area (Å²) in [5, 5.41) is 7.86. The van der Waals surface area contributed by atoms with Crippen LogP contribution in [0.1, 0.15) is 36.3 Å². The first-order valence-corrected chi connectivity index (χ1v) is 9.18. The number of para-hydroxylation sites is 1. The van der Waals surface area contributed by atoms with Crippen LogP contribution in [-0.2, 0) is 5.41 Å². The Morgan fingerprint density at radius 2 is 1.87 bits per heavy atom. The number of nitrogens with zero attached hydrogens (tertiary/aromatic N) is 3. The largest absolute Gasteiger partial charge is 0.573 e. The van der Waals surface area contributed by atoms with E-state index in [0.29, 0.717) is 12.0 Å². The molecule has 6 nitrogen and oxygen atoms in total. The Morgan fingerprint density at radius 1 is 1.10 bits per heavy atom. The van der Waals surface area contributed by atoms with Crippen molar-refractivity contribution in [1.82, 2.24) is 15.3 Å². The van der Waals surface area contributed by atoms with Crippen LogP contribution in [-0.4, -0.2) is 21.7 Å². The third kappa shape index (κ3) is 3.74. The van der Waals surface area contributed by atoms with Crippen molar-refractivity contribution in [3.8, 4) is 17.1 Å². The third-order valence-corrected chi connectivity index (χ3v) is 5.01. The summed E-state index contributed by atoms with van der Waals surface area (Å²) < 4.78 is 52.6. The minimum Gasteiger partial charge on any atom is -0.405 e. The molecule has 1 unspecified atom stereocenters. The molecule has 1 aliphatic rings. The maximum atomic E-state index is 12.7. The first kappa shape index (κ1) is 19.9. The maximum Gasteiger partial charge on any atom is 0.573 e. The number of ether oxygens (including phenoxy) is 1. The molecule has 0 spiro atoms. The monoisotopic (exact) mass is 417 g/mol. The zero-order valence-corrected chi connectivity index (χ0v) is 16.4. The Hall–Kier alpha value is -3.36. The summed E-state index contributed by atoms with van der Waals surface area (Å²) in [6, 6.07) is 5.65. The van der Waals surface area contributed by atoms with Crippen LogP contribution in [0.3, 0.4) is 0 Å². The molecule has 2 aromatic heterocycles. The molecule has 0 amide bonds. The van der Waals surface area contributed by atoms with Crippen molar-refractivity contribution in [2.75, 3.05) is 0 Å². The van der Waals surface area contributed by atoms with Gasteiger partial charge < -0.3 is 13.8 Å². The van der Waals surface area contributed by atoms with Crippen LogP contribution in [0.2, 0.25) is 0 Å². The minimum atomic E-state index is -4.82. The van der Waals surface area contributed by atoms with Crippen molar-refractivity contribution in [2.45, 2.75) is 39.0 Å². The number of rotatable bonds is 4. The lowest BCUT2D eigenvalue weighted by Crippen LogP contribution is -2.21. The fourth-order valence-corrected chi connectivity index (χ4v) is 3.69. The molecule has 0 aliphatic heterocycles. The van der Waals surface area contributed by atoms with Gasteiger partial charge in [0, 0.05) is 16.6 Å². The van der Waals surface area contributed by atoms with Crippen molar-refractivity contribution in [3.05, 3.63) is 65.4 Å². The predicted molar refractivity (Wildman–Crippen MR) is 101 cm³/mol. The fourth-order valence-electron chi connectivity index (χ4n) is 3.69. The SMILES string of the molecule is Cc1noc(C)c1C1(C)C=CC(c2nc(-c3ccccc3OC(F)(F)F)no2)=CC1. The summed E-state index contributed by atoms with van der Waals surface area (Å²) in [6.07, 6.45) is 1.64. The van der Waals surface area contributed by atoms with Gasteiger partial charge in [-0.2, -0.15) is 4.98 Å². The third-order valence-electron chi connectivity index (χ3n) is 5.01. The van der Waals surface area contributed by atoms with Gasteiger partial charge in [0.15, 0.2) is 0 Å². The van der Waals surface area contributed by atoms with Crippen LogP contribution in [0.25, 0.3) is 17.0 Å². The molecule has 156 valence electrons. The number of halogens is 3. The van der Waals surface area contributed by atoms with Crippen LogP contribution in [0, 0.1) is 13.8 Å². The fraction of sp³-hybridized carbons (Fsp3) is 0.286. The highest BCUT2D eigenvalue weighted by atomic mass is 19.4. The van der Waals surface area contributed by atoms with E-state index in [9.17, 15) is 13.2 Å². The van der Waals surface area contributed by atoms with E-state index < -0.39 is 12.1 Å². The molecule has 0 fully saturated rings. The van der Waals surface area contributed by atoms with Crippen LogP contribution in [0.5, 0.6) is 5.75 Å². The van der Waals surface area contributed by atoms with Crippen molar-refractivity contribution < 1.29 is 27.0 Å². The average molecular weight is 417 g/mol. The first-order valence-electron chi connectivity index (χ1n) is 9.18. The van der Waals surface area contributed by atoms with Gasteiger partial charge in [-0.1, -0.05) is 47.6 Å². The lowest BCUT2D eigenvalue weighted by Gasteiger charge is -2.27. The van der Waals surface area contributed by atoms with Gasteiger partial charge in [0.05, 0.1) is 11.3 Å². The molecular weight excluding hydrogens is 399 g/mol. The lowest BCUT2D eigenvalue weighted by atomic mass is 9.75. The molecule has 0 saturated heterocycles. The predicted octanol–water partition coefficient (Wildman–Crippen LogP) is 5.54. The van der Waals surface area contributed by atoms with Gasteiger partial charge in [-0.15, -0.1) is 13.2 Å². The zero-order chi connectivity index (χ0) is 21.5. The molecule has 1 aromatic carbocycles. The van der Waals surface area contributed by atoms with Crippen LogP contribution < -0.4 is 4.74 Å². The summed E-state index contributed by atoms with van der Waals surface area (Å²) in [7, 11) is 0. The number of hydrogen-bond donors (Lipinski definition) is 0. The Labute approximate surface area is 170 Å². The van der Waals surface area contributed by atoms with Gasteiger partial charge in [0.25, 0.3) is 5.89 Å². The van der Waals surface area contributed by atoms with E-state index in [2.05, 4.69) is 27.0 Å². The van der Waals surface area contributed by atoms with Gasteiger partial charge in [0.2, 0.25) is 5.82 Å². The first-order chi connectivity index (χ1) is 14.2. The van der Waals surface area contributed by atoms with Gasteiger partial charge in [0.1, 0.15) is 11.5 Å². The maximum absolute atomic E-state index is 12.7. The number of aromatic nitrogens is 3. The van der Waals surface area contributed by atoms with E-state index in [1.807, 2.05) is 32.1 Å². The van der Waals surface area contributed by atoms with Crippen LogP contribution >= 0.6 is 0 Å². The molecule has 4 rings (SSSR count). The van der Waals surface area contributed by atoms with E-state index in [0.717, 1.165) is 17.0 Å². The van der Waals surface area contributed by atoms with E-state index in [1.165, 1.54) is 18.2 Å². The van der Waals surface area contributed by atoms with E-state index in [4.69, 9.17) is 9.05 Å². The van der Waals surface area contributed by atoms with Crippen LogP contribution in [0.15, 0.2) is 51.5 Å². The highest BCUT2D eigenvalue weighted by molar-refractivity contribution is 5.73. The number of benzene rings is 1. The molecule has 0 bridgehead atoms. The normalized spacial score (nSPS) is 19.1. The van der Waals surface area contributed by atoms with Crippen LogP contribution in [0.4, 0.5) is 13.2 Å². The van der Waals surface area contributed by atoms with E-state index >= 15 is 0 Å². The topological polar surface area (TPSA) is 74.2 Å². The minimum absolute atomic E-state index is 0.0122. The highest BCUT2D eigenvalue weighted by Crippen LogP contribution is 2.39. The summed E-state index contributed by atoms with van der Waals surface area (Å²) in [5.74, 6) is 0.594. The standard InChI is InChI=1S/C21H18F3N3O3/c1-12-17(13(2)29-26-12)20(3)10-8-14(9-11-20)19-25-18(27-30-19)15-6-4-5-7-16(15)28-21(22,23)24/h4-10H,11H2,1-3H3. The Balaban J connectivity index is 1.60. The van der Waals surface area contributed by atoms with Gasteiger partial charge in [-0.25, -0.2) is 0 Å². The summed E-state index contributed by atoms with van der Waals surface area (Å²) in [4.78, 5) is 4.26. The van der Waals surface area contributed by atoms with Crippen molar-refractivity contribution in [2.24, 2.45) is 0 Å². The molecule has 0 radical (unpaired) electrons. The van der Waals surface area contributed by atoms with Crippen molar-refractivity contribution in [3.63, 3.8) is 0 Å². The molecule has 30 heavy (non-hydrogen) atoms. The van der Waals surface area contributed by atoms with Gasteiger partial charge in [-0.05, 0) is 32.4 Å². The summed E-state index contributed by atoms with van der Waals surface area (Å²) >= 11 is 0. The second kappa shape index (κ2) is 7.16. The summed E-state index contributed by atoms with van der Waals surface area (Å²) in [6.45, 7) is 5.85. The Morgan fingerprint density at radius 3 is 2.50 bits per heavy atom. The molecule has 0 saturated carbocycles.